The molecule has 0 aliphatic heterocycles. The van der Waals surface area contributed by atoms with Gasteiger partial charge in [0.25, 0.3) is 0 Å². The largest absolute Gasteiger partial charge is 0.468 e. The van der Waals surface area contributed by atoms with Crippen molar-refractivity contribution in [2.24, 2.45) is 0 Å². The van der Waals surface area contributed by atoms with Crippen molar-refractivity contribution in [3.63, 3.8) is 0 Å². The van der Waals surface area contributed by atoms with E-state index in [1.54, 1.807) is 13.0 Å². The van der Waals surface area contributed by atoms with Crippen molar-refractivity contribution in [2.45, 2.75) is 24.8 Å². The molecule has 18 heavy (non-hydrogen) atoms. The number of esters is 1. The van der Waals surface area contributed by atoms with E-state index in [4.69, 9.17) is 11.6 Å². The van der Waals surface area contributed by atoms with E-state index in [9.17, 15) is 13.2 Å². The second-order valence-electron chi connectivity index (χ2n) is 3.78. The molecule has 0 fully saturated rings. The van der Waals surface area contributed by atoms with Gasteiger partial charge in [0.1, 0.15) is 6.04 Å². The summed E-state index contributed by atoms with van der Waals surface area (Å²) < 4.78 is 30.6. The van der Waals surface area contributed by atoms with Crippen molar-refractivity contribution in [1.82, 2.24) is 4.72 Å². The number of hydrogen-bond donors (Lipinski definition) is 1. The molecule has 7 heteroatoms. The summed E-state index contributed by atoms with van der Waals surface area (Å²) in [6, 6.07) is 3.40. The number of nitrogens with one attached hydrogen (secondary N) is 1. The van der Waals surface area contributed by atoms with Crippen LogP contribution in [0.15, 0.2) is 23.1 Å². The second kappa shape index (κ2) is 5.69. The Morgan fingerprint density at radius 1 is 1.44 bits per heavy atom. The van der Waals surface area contributed by atoms with Gasteiger partial charge in [-0.1, -0.05) is 17.7 Å². The first-order valence-electron chi connectivity index (χ1n) is 5.14. The monoisotopic (exact) mass is 291 g/mol. The Morgan fingerprint density at radius 3 is 2.56 bits per heavy atom. The molecule has 5 nitrogen and oxygen atoms in total. The molecule has 0 heterocycles. The Labute approximate surface area is 111 Å². The first kappa shape index (κ1) is 14.9. The van der Waals surface area contributed by atoms with Crippen LogP contribution in [-0.4, -0.2) is 27.5 Å². The lowest BCUT2D eigenvalue weighted by Crippen LogP contribution is -2.39. The molecule has 0 amide bonds. The summed E-state index contributed by atoms with van der Waals surface area (Å²) >= 11 is 5.86. The first-order valence-corrected chi connectivity index (χ1v) is 7.00. The molecule has 0 aliphatic rings. The smallest absolute Gasteiger partial charge is 0.323 e. The van der Waals surface area contributed by atoms with Crippen molar-refractivity contribution in [2.75, 3.05) is 7.11 Å². The fourth-order valence-corrected chi connectivity index (χ4v) is 2.73. The van der Waals surface area contributed by atoms with E-state index < -0.39 is 22.0 Å². The summed E-state index contributed by atoms with van der Waals surface area (Å²) in [5.74, 6) is -0.656. The molecule has 0 saturated heterocycles. The molecule has 1 rings (SSSR count). The predicted octanol–water partition coefficient (Wildman–Crippen LogP) is 1.49. The Bertz CT molecular complexity index is 556. The van der Waals surface area contributed by atoms with E-state index in [0.29, 0.717) is 5.02 Å². The third kappa shape index (κ3) is 3.44. The standard InChI is InChI=1S/C11H14ClNO4S/c1-7-4-5-9(6-10(7)12)18(15,16)13-8(2)11(14)17-3/h4-6,8,13H,1-3H3/t8-/m0/s1. The van der Waals surface area contributed by atoms with Crippen LogP contribution in [0.1, 0.15) is 12.5 Å². The van der Waals surface area contributed by atoms with Crippen LogP contribution in [0, 0.1) is 6.92 Å². The van der Waals surface area contributed by atoms with E-state index in [0.717, 1.165) is 5.56 Å². The van der Waals surface area contributed by atoms with Crippen LogP contribution >= 0.6 is 11.6 Å². The van der Waals surface area contributed by atoms with Gasteiger partial charge in [-0.15, -0.1) is 0 Å². The lowest BCUT2D eigenvalue weighted by Gasteiger charge is -2.12. The van der Waals surface area contributed by atoms with Gasteiger partial charge >= 0.3 is 5.97 Å². The maximum Gasteiger partial charge on any atom is 0.323 e. The molecular formula is C11H14ClNO4S. The number of aryl methyl sites for hydroxylation is 1. The quantitative estimate of drug-likeness (QED) is 0.853. The van der Waals surface area contributed by atoms with Gasteiger partial charge in [-0.3, -0.25) is 4.79 Å². The van der Waals surface area contributed by atoms with Gasteiger partial charge in [-0.25, -0.2) is 8.42 Å². The van der Waals surface area contributed by atoms with Crippen LogP contribution in [-0.2, 0) is 19.6 Å². The van der Waals surface area contributed by atoms with Crippen LogP contribution in [0.5, 0.6) is 0 Å². The van der Waals surface area contributed by atoms with Crippen molar-refractivity contribution in [3.8, 4) is 0 Å². The lowest BCUT2D eigenvalue weighted by molar-refractivity contribution is -0.142. The van der Waals surface area contributed by atoms with Crippen LogP contribution in [0.25, 0.3) is 0 Å². The molecule has 100 valence electrons. The zero-order valence-corrected chi connectivity index (χ0v) is 11.8. The van der Waals surface area contributed by atoms with Gasteiger partial charge in [-0.2, -0.15) is 4.72 Å². The van der Waals surface area contributed by atoms with Gasteiger partial charge in [0.15, 0.2) is 0 Å². The topological polar surface area (TPSA) is 72.5 Å². The fraction of sp³-hybridized carbons (Fsp3) is 0.364. The maximum atomic E-state index is 11.9. The molecule has 0 aliphatic carbocycles. The third-order valence-corrected chi connectivity index (χ3v) is 4.29. The molecule has 1 aromatic rings. The number of halogens is 1. The zero-order chi connectivity index (χ0) is 13.9. The zero-order valence-electron chi connectivity index (χ0n) is 10.2. The van der Waals surface area contributed by atoms with E-state index in [-0.39, 0.29) is 4.90 Å². The Kier molecular flexibility index (Phi) is 4.72. The van der Waals surface area contributed by atoms with Crippen molar-refractivity contribution in [1.29, 1.82) is 0 Å². The average molecular weight is 292 g/mol. The summed E-state index contributed by atoms with van der Waals surface area (Å²) in [7, 11) is -2.60. The number of hydrogen-bond acceptors (Lipinski definition) is 4. The summed E-state index contributed by atoms with van der Waals surface area (Å²) in [4.78, 5) is 11.2. The lowest BCUT2D eigenvalue weighted by atomic mass is 10.2. The van der Waals surface area contributed by atoms with E-state index >= 15 is 0 Å². The predicted molar refractivity (Wildman–Crippen MR) is 68.0 cm³/mol. The summed E-state index contributed by atoms with van der Waals surface area (Å²) in [6.07, 6.45) is 0. The highest BCUT2D eigenvalue weighted by Crippen LogP contribution is 2.20. The van der Waals surface area contributed by atoms with Gasteiger partial charge < -0.3 is 4.74 Å². The molecule has 0 unspecified atom stereocenters. The summed E-state index contributed by atoms with van der Waals surface area (Å²) in [6.45, 7) is 3.17. The minimum absolute atomic E-state index is 0.00820. The molecule has 0 saturated carbocycles. The highest BCUT2D eigenvalue weighted by molar-refractivity contribution is 7.89. The Morgan fingerprint density at radius 2 is 2.06 bits per heavy atom. The Hall–Kier alpha value is -1.11. The first-order chi connectivity index (χ1) is 8.27. The van der Waals surface area contributed by atoms with E-state index in [1.165, 1.54) is 26.2 Å². The third-order valence-electron chi connectivity index (χ3n) is 2.34. The van der Waals surface area contributed by atoms with E-state index in [2.05, 4.69) is 9.46 Å². The molecule has 1 atom stereocenters. The summed E-state index contributed by atoms with van der Waals surface area (Å²) in [5.41, 5.74) is 0.775. The SMILES string of the molecule is COC(=O)[C@H](C)NS(=O)(=O)c1ccc(C)c(Cl)c1. The van der Waals surface area contributed by atoms with Gasteiger partial charge in [0.2, 0.25) is 10.0 Å². The summed E-state index contributed by atoms with van der Waals surface area (Å²) in [5, 5.41) is 0.351. The molecule has 0 spiro atoms. The highest BCUT2D eigenvalue weighted by atomic mass is 35.5. The van der Waals surface area contributed by atoms with Crippen LogP contribution in [0.2, 0.25) is 5.02 Å². The molecular weight excluding hydrogens is 278 g/mol. The minimum Gasteiger partial charge on any atom is -0.468 e. The van der Waals surface area contributed by atoms with Crippen molar-refractivity contribution >= 4 is 27.6 Å². The van der Waals surface area contributed by atoms with E-state index in [1.807, 2.05) is 0 Å². The molecule has 1 aromatic carbocycles. The molecule has 1 N–H and O–H groups in total. The number of methoxy groups -OCH3 is 1. The average Bonchev–Trinajstić information content (AvgIpc) is 2.30. The second-order valence-corrected chi connectivity index (χ2v) is 5.90. The number of benzene rings is 1. The number of rotatable bonds is 4. The molecule has 0 aromatic heterocycles. The van der Waals surface area contributed by atoms with Gasteiger partial charge in [-0.05, 0) is 31.5 Å². The van der Waals surface area contributed by atoms with Crippen molar-refractivity contribution in [3.05, 3.63) is 28.8 Å². The Balaban J connectivity index is 3.00. The van der Waals surface area contributed by atoms with Crippen LogP contribution < -0.4 is 4.72 Å². The molecule has 0 radical (unpaired) electrons. The highest BCUT2D eigenvalue weighted by Gasteiger charge is 2.22. The van der Waals surface area contributed by atoms with Gasteiger partial charge in [0, 0.05) is 5.02 Å². The molecule has 0 bridgehead atoms. The van der Waals surface area contributed by atoms with Crippen molar-refractivity contribution < 1.29 is 17.9 Å². The number of carbonyl (C=O) groups excluding carboxylic acids is 1. The van der Waals surface area contributed by atoms with Crippen LogP contribution in [0.3, 0.4) is 0 Å². The number of ether oxygens (including phenoxy) is 1. The van der Waals surface area contributed by atoms with Crippen LogP contribution in [0.4, 0.5) is 0 Å². The maximum absolute atomic E-state index is 11.9. The number of sulfonamides is 1. The minimum atomic E-state index is -3.79. The fourth-order valence-electron chi connectivity index (χ4n) is 1.27. The number of carbonyl (C=O) groups is 1. The normalized spacial score (nSPS) is 13.1. The van der Waals surface area contributed by atoms with Gasteiger partial charge in [0.05, 0.1) is 12.0 Å².